The highest BCUT2D eigenvalue weighted by molar-refractivity contribution is 6.33. The number of nitrogens with one attached hydrogen (secondary N) is 1. The van der Waals surface area contributed by atoms with Crippen molar-refractivity contribution in [3.8, 4) is 16.9 Å². The van der Waals surface area contributed by atoms with Gasteiger partial charge in [-0.2, -0.15) is 10.2 Å². The first-order chi connectivity index (χ1) is 18.5. The summed E-state index contributed by atoms with van der Waals surface area (Å²) < 4.78 is 3.20. The number of benzene rings is 1. The summed E-state index contributed by atoms with van der Waals surface area (Å²) in [6, 6.07) is 14.5. The molecule has 12 heteroatoms. The van der Waals surface area contributed by atoms with Crippen LogP contribution in [0.2, 0.25) is 5.02 Å². The topological polar surface area (TPSA) is 136 Å². The van der Waals surface area contributed by atoms with E-state index in [1.807, 2.05) is 36.4 Å². The zero-order valence-electron chi connectivity index (χ0n) is 20.2. The van der Waals surface area contributed by atoms with Gasteiger partial charge < -0.3 is 10.6 Å². The third kappa shape index (κ3) is 3.28. The maximum atomic E-state index is 13.8. The van der Waals surface area contributed by atoms with Crippen LogP contribution >= 0.6 is 11.6 Å². The average Bonchev–Trinajstić information content (AvgIpc) is 3.52. The van der Waals surface area contributed by atoms with E-state index in [9.17, 15) is 4.79 Å². The molecule has 2 atom stereocenters. The molecule has 0 spiro atoms. The number of nitrogens with two attached hydrogens (primary N) is 1. The van der Waals surface area contributed by atoms with E-state index in [1.54, 1.807) is 33.6 Å². The maximum Gasteiger partial charge on any atom is 0.284 e. The smallest absolute Gasteiger partial charge is 0.284 e. The van der Waals surface area contributed by atoms with Crippen LogP contribution in [0.3, 0.4) is 0 Å². The number of rotatable bonds is 4. The molecule has 1 saturated heterocycles. The van der Waals surface area contributed by atoms with E-state index in [-0.39, 0.29) is 17.5 Å². The third-order valence-electron chi connectivity index (χ3n) is 6.97. The highest BCUT2D eigenvalue weighted by Crippen LogP contribution is 2.44. The lowest BCUT2D eigenvalue weighted by Gasteiger charge is -2.47. The van der Waals surface area contributed by atoms with Crippen molar-refractivity contribution in [2.24, 2.45) is 5.92 Å². The fourth-order valence-electron chi connectivity index (χ4n) is 5.19. The highest BCUT2D eigenvalue weighted by Gasteiger charge is 2.43. The van der Waals surface area contributed by atoms with E-state index in [0.29, 0.717) is 51.6 Å². The molecule has 38 heavy (non-hydrogen) atoms. The zero-order valence-corrected chi connectivity index (χ0v) is 20.9. The van der Waals surface area contributed by atoms with E-state index < -0.39 is 0 Å². The van der Waals surface area contributed by atoms with Crippen LogP contribution in [0, 0.1) is 5.92 Å². The second kappa shape index (κ2) is 8.38. The van der Waals surface area contributed by atoms with E-state index in [1.165, 1.54) is 6.33 Å². The monoisotopic (exact) mass is 524 g/mol. The van der Waals surface area contributed by atoms with Gasteiger partial charge in [0, 0.05) is 30.4 Å². The Labute approximate surface area is 220 Å². The number of hydrogen-bond donors (Lipinski definition) is 2. The highest BCUT2D eigenvalue weighted by atomic mass is 35.5. The predicted molar refractivity (Wildman–Crippen MR) is 144 cm³/mol. The number of aromatic nitrogens is 8. The van der Waals surface area contributed by atoms with Crippen molar-refractivity contribution >= 4 is 39.8 Å². The normalized spacial score (nSPS) is 17.3. The Balaban J connectivity index is 1.43. The molecule has 11 nitrogen and oxygen atoms in total. The Hall–Kier alpha value is -4.77. The van der Waals surface area contributed by atoms with Crippen LogP contribution in [0.5, 0.6) is 0 Å². The van der Waals surface area contributed by atoms with Gasteiger partial charge in [0.2, 0.25) is 0 Å². The van der Waals surface area contributed by atoms with Crippen LogP contribution in [0.4, 0.5) is 11.6 Å². The number of H-pyrrole nitrogens is 1. The van der Waals surface area contributed by atoms with Crippen LogP contribution in [-0.4, -0.2) is 45.9 Å². The Kier molecular flexibility index (Phi) is 4.95. The van der Waals surface area contributed by atoms with Crippen LogP contribution in [0.15, 0.2) is 72.0 Å². The second-order valence-electron chi connectivity index (χ2n) is 9.33. The van der Waals surface area contributed by atoms with Gasteiger partial charge in [0.05, 0.1) is 22.1 Å². The molecule has 5 aromatic heterocycles. The van der Waals surface area contributed by atoms with E-state index in [4.69, 9.17) is 22.4 Å². The number of pyridine rings is 1. The molecule has 1 aliphatic rings. The number of aromatic amines is 1. The van der Waals surface area contributed by atoms with Gasteiger partial charge in [-0.1, -0.05) is 36.7 Å². The summed E-state index contributed by atoms with van der Waals surface area (Å²) in [5, 5.41) is 13.5. The fraction of sp³-hybridized carbons (Fsp3) is 0.154. The number of hydrogen-bond acceptors (Lipinski definition) is 8. The summed E-state index contributed by atoms with van der Waals surface area (Å²) in [6.07, 6.45) is 4.89. The van der Waals surface area contributed by atoms with Gasteiger partial charge in [0.15, 0.2) is 11.5 Å². The van der Waals surface area contributed by atoms with Crippen molar-refractivity contribution in [3.63, 3.8) is 0 Å². The molecule has 0 aliphatic carbocycles. The SMILES string of the molecule is C[C@H]1CN(c2ncnc3[nH]nc(-c4ccc(N)nc4)c23)[C@@H]1c1nn2ccc(Cl)c2c(=O)n1-c1ccccc1. The van der Waals surface area contributed by atoms with Gasteiger partial charge in [-0.15, -0.1) is 0 Å². The number of nitrogen functional groups attached to an aromatic ring is 1. The van der Waals surface area contributed by atoms with Crippen LogP contribution < -0.4 is 16.2 Å². The summed E-state index contributed by atoms with van der Waals surface area (Å²) in [5.74, 6) is 1.88. The van der Waals surface area contributed by atoms with Gasteiger partial charge in [-0.25, -0.2) is 19.5 Å². The minimum absolute atomic E-state index is 0.180. The first kappa shape index (κ1) is 22.4. The number of nitrogens with zero attached hydrogens (tertiary/aromatic N) is 8. The lowest BCUT2D eigenvalue weighted by molar-refractivity contribution is 0.301. The third-order valence-corrected chi connectivity index (χ3v) is 7.28. The molecular formula is C26H21ClN10O. The molecule has 3 N–H and O–H groups in total. The standard InChI is InChI=1S/C26H21ClN10O/c1-14-12-35(24-19-20(15-7-8-18(28)29-11-15)32-33-23(19)30-13-31-24)21(14)25-34-36-10-9-17(27)22(36)26(38)37(25)16-5-3-2-4-6-16/h2-11,13-14,21H,12H2,1H3,(H2,28,29)(H,30,31,32,33)/t14-,21-/m0/s1. The van der Waals surface area contributed by atoms with Gasteiger partial charge in [-0.3, -0.25) is 14.5 Å². The number of fused-ring (bicyclic) bond motifs is 2. The molecule has 1 aromatic carbocycles. The Morgan fingerprint density at radius 2 is 1.92 bits per heavy atom. The van der Waals surface area contributed by atoms with Crippen molar-refractivity contribution < 1.29 is 0 Å². The Morgan fingerprint density at radius 1 is 1.08 bits per heavy atom. The fourth-order valence-corrected chi connectivity index (χ4v) is 5.41. The van der Waals surface area contributed by atoms with Crippen molar-refractivity contribution in [2.75, 3.05) is 17.2 Å². The quantitative estimate of drug-likeness (QED) is 0.356. The minimum atomic E-state index is -0.251. The molecule has 6 aromatic rings. The first-order valence-corrected chi connectivity index (χ1v) is 12.4. The molecular weight excluding hydrogens is 504 g/mol. The van der Waals surface area contributed by atoms with Crippen LogP contribution in [-0.2, 0) is 0 Å². The van der Waals surface area contributed by atoms with E-state index in [2.05, 4.69) is 37.0 Å². The van der Waals surface area contributed by atoms with Gasteiger partial charge in [0.1, 0.15) is 29.2 Å². The predicted octanol–water partition coefficient (Wildman–Crippen LogP) is 3.65. The lowest BCUT2D eigenvalue weighted by Crippen LogP contribution is -2.51. The maximum absolute atomic E-state index is 13.8. The van der Waals surface area contributed by atoms with Crippen molar-refractivity contribution in [2.45, 2.75) is 13.0 Å². The summed E-state index contributed by atoms with van der Waals surface area (Å²) in [4.78, 5) is 29.2. The van der Waals surface area contributed by atoms with Crippen molar-refractivity contribution in [1.82, 2.24) is 39.3 Å². The molecule has 1 aliphatic heterocycles. The van der Waals surface area contributed by atoms with Gasteiger partial charge in [-0.05, 0) is 30.3 Å². The van der Waals surface area contributed by atoms with E-state index in [0.717, 1.165) is 10.9 Å². The Morgan fingerprint density at radius 3 is 2.68 bits per heavy atom. The van der Waals surface area contributed by atoms with E-state index >= 15 is 0 Å². The summed E-state index contributed by atoms with van der Waals surface area (Å²) in [5.41, 5.74) is 8.66. The van der Waals surface area contributed by atoms with Crippen LogP contribution in [0.1, 0.15) is 18.8 Å². The molecule has 188 valence electrons. The van der Waals surface area contributed by atoms with Gasteiger partial charge in [0.25, 0.3) is 5.56 Å². The molecule has 0 saturated carbocycles. The molecule has 0 unspecified atom stereocenters. The number of halogens is 1. The molecule has 1 fully saturated rings. The lowest BCUT2D eigenvalue weighted by atomic mass is 9.88. The average molecular weight is 525 g/mol. The first-order valence-electron chi connectivity index (χ1n) is 12.0. The molecule has 0 radical (unpaired) electrons. The van der Waals surface area contributed by atoms with Gasteiger partial charge >= 0.3 is 0 Å². The number of anilines is 2. The van der Waals surface area contributed by atoms with Crippen LogP contribution in [0.25, 0.3) is 33.5 Å². The van der Waals surface area contributed by atoms with Crippen molar-refractivity contribution in [1.29, 1.82) is 0 Å². The summed E-state index contributed by atoms with van der Waals surface area (Å²) in [7, 11) is 0. The molecule has 7 rings (SSSR count). The molecule has 0 bridgehead atoms. The summed E-state index contributed by atoms with van der Waals surface area (Å²) in [6.45, 7) is 2.84. The van der Waals surface area contributed by atoms with Crippen molar-refractivity contribution in [3.05, 3.63) is 88.5 Å². The Bertz CT molecular complexity index is 1880. The molecule has 0 amide bonds. The number of para-hydroxylation sites is 1. The molecule has 6 heterocycles. The minimum Gasteiger partial charge on any atom is -0.384 e. The second-order valence-corrected chi connectivity index (χ2v) is 9.74. The summed E-state index contributed by atoms with van der Waals surface area (Å²) >= 11 is 6.38. The largest absolute Gasteiger partial charge is 0.384 e. The zero-order chi connectivity index (χ0) is 26.0.